The van der Waals surface area contributed by atoms with E-state index in [0.29, 0.717) is 18.7 Å². The zero-order chi connectivity index (χ0) is 18.4. The molecule has 2 rings (SSSR count). The Morgan fingerprint density at radius 2 is 1.80 bits per heavy atom. The van der Waals surface area contributed by atoms with Gasteiger partial charge in [0.2, 0.25) is 0 Å². The Bertz CT molecular complexity index is 733. The van der Waals surface area contributed by atoms with Crippen LogP contribution >= 0.6 is 0 Å². The standard InChI is InChI=1S/C18H19F3N2O2/c1-3-23(10-12-7-8-16(25-2)15(21)9-12)11-17(24)22-18-13(19)5-4-6-14(18)20/h4-9H,3,10-11H2,1-2H3,(H,22,24)/p+1. The predicted molar refractivity (Wildman–Crippen MR) is 88.0 cm³/mol. The van der Waals surface area contributed by atoms with Crippen molar-refractivity contribution in [3.8, 4) is 5.75 Å². The first-order chi connectivity index (χ1) is 11.9. The first-order valence-electron chi connectivity index (χ1n) is 7.84. The number of hydrogen-bond donors (Lipinski definition) is 2. The van der Waals surface area contributed by atoms with Gasteiger partial charge in [-0.05, 0) is 37.3 Å². The van der Waals surface area contributed by atoms with Crippen LogP contribution in [0.2, 0.25) is 0 Å². The molecule has 0 spiro atoms. The van der Waals surface area contributed by atoms with Crippen LogP contribution in [0, 0.1) is 17.5 Å². The van der Waals surface area contributed by atoms with Crippen molar-refractivity contribution in [3.05, 3.63) is 59.4 Å². The van der Waals surface area contributed by atoms with E-state index >= 15 is 0 Å². The molecule has 0 aromatic heterocycles. The molecule has 0 aliphatic carbocycles. The quantitative estimate of drug-likeness (QED) is 0.801. The number of amides is 1. The molecule has 2 N–H and O–H groups in total. The van der Waals surface area contributed by atoms with Crippen molar-refractivity contribution in [1.82, 2.24) is 0 Å². The van der Waals surface area contributed by atoms with Crippen LogP contribution in [0.4, 0.5) is 18.9 Å². The number of quaternary nitrogens is 1. The third-order valence-corrected chi connectivity index (χ3v) is 3.81. The summed E-state index contributed by atoms with van der Waals surface area (Å²) in [4.78, 5) is 12.9. The SMILES string of the molecule is CC[NH+](CC(=O)Nc1c(F)cccc1F)Cc1ccc(OC)c(F)c1. The second kappa shape index (κ2) is 8.53. The van der Waals surface area contributed by atoms with Gasteiger partial charge in [-0.1, -0.05) is 6.07 Å². The molecule has 0 saturated carbocycles. The summed E-state index contributed by atoms with van der Waals surface area (Å²) >= 11 is 0. The lowest BCUT2D eigenvalue weighted by Gasteiger charge is -2.18. The molecule has 0 bridgehead atoms. The van der Waals surface area contributed by atoms with E-state index in [1.165, 1.54) is 25.3 Å². The van der Waals surface area contributed by atoms with E-state index in [1.807, 2.05) is 6.92 Å². The van der Waals surface area contributed by atoms with Crippen LogP contribution in [0.15, 0.2) is 36.4 Å². The van der Waals surface area contributed by atoms with Crippen LogP contribution in [0.3, 0.4) is 0 Å². The number of para-hydroxylation sites is 1. The van der Waals surface area contributed by atoms with E-state index in [0.717, 1.165) is 17.0 Å². The molecule has 0 heterocycles. The zero-order valence-corrected chi connectivity index (χ0v) is 14.0. The summed E-state index contributed by atoms with van der Waals surface area (Å²) in [5.41, 5.74) is 0.235. The average molecular weight is 353 g/mol. The number of ether oxygens (including phenoxy) is 1. The number of carbonyl (C=O) groups excluding carboxylic acids is 1. The van der Waals surface area contributed by atoms with Crippen molar-refractivity contribution < 1.29 is 27.6 Å². The van der Waals surface area contributed by atoms with Gasteiger partial charge in [0, 0.05) is 5.56 Å². The van der Waals surface area contributed by atoms with E-state index in [-0.39, 0.29) is 12.3 Å². The van der Waals surface area contributed by atoms with Crippen LogP contribution in [-0.4, -0.2) is 26.1 Å². The highest BCUT2D eigenvalue weighted by atomic mass is 19.1. The Hall–Kier alpha value is -2.54. The number of hydrogen-bond acceptors (Lipinski definition) is 2. The fourth-order valence-corrected chi connectivity index (χ4v) is 2.45. The molecule has 1 unspecified atom stereocenters. The Balaban J connectivity index is 2.01. The summed E-state index contributed by atoms with van der Waals surface area (Å²) in [5.74, 6) is -2.51. The highest BCUT2D eigenvalue weighted by Crippen LogP contribution is 2.18. The second-order valence-electron chi connectivity index (χ2n) is 5.57. The van der Waals surface area contributed by atoms with Crippen LogP contribution < -0.4 is 15.0 Å². The molecule has 25 heavy (non-hydrogen) atoms. The van der Waals surface area contributed by atoms with Crippen LogP contribution in [-0.2, 0) is 11.3 Å². The molecule has 0 fully saturated rings. The van der Waals surface area contributed by atoms with E-state index in [9.17, 15) is 18.0 Å². The van der Waals surface area contributed by atoms with Gasteiger partial charge in [0.1, 0.15) is 23.9 Å². The highest BCUT2D eigenvalue weighted by Gasteiger charge is 2.17. The maximum atomic E-state index is 13.7. The Labute approximate surface area is 144 Å². The summed E-state index contributed by atoms with van der Waals surface area (Å²) in [6.45, 7) is 2.84. The van der Waals surface area contributed by atoms with E-state index < -0.39 is 29.0 Å². The fourth-order valence-electron chi connectivity index (χ4n) is 2.45. The Morgan fingerprint density at radius 3 is 2.36 bits per heavy atom. The number of methoxy groups -OCH3 is 1. The van der Waals surface area contributed by atoms with Gasteiger partial charge in [-0.2, -0.15) is 0 Å². The molecule has 134 valence electrons. The first kappa shape index (κ1) is 18.8. The second-order valence-corrected chi connectivity index (χ2v) is 5.57. The van der Waals surface area contributed by atoms with Gasteiger partial charge in [0.05, 0.1) is 13.7 Å². The van der Waals surface area contributed by atoms with E-state index in [2.05, 4.69) is 5.32 Å². The molecule has 0 aliphatic rings. The fraction of sp³-hybridized carbons (Fsp3) is 0.278. The normalized spacial score (nSPS) is 11.9. The van der Waals surface area contributed by atoms with Crippen molar-refractivity contribution in [2.75, 3.05) is 25.5 Å². The van der Waals surface area contributed by atoms with Crippen molar-refractivity contribution in [2.45, 2.75) is 13.5 Å². The number of nitrogens with one attached hydrogen (secondary N) is 2. The molecular formula is C18H20F3N2O2+. The zero-order valence-electron chi connectivity index (χ0n) is 14.0. The monoisotopic (exact) mass is 353 g/mol. The Morgan fingerprint density at radius 1 is 1.12 bits per heavy atom. The minimum Gasteiger partial charge on any atom is -0.494 e. The maximum absolute atomic E-state index is 13.7. The lowest BCUT2D eigenvalue weighted by Crippen LogP contribution is -3.11. The lowest BCUT2D eigenvalue weighted by molar-refractivity contribution is -0.903. The van der Waals surface area contributed by atoms with Crippen molar-refractivity contribution in [2.24, 2.45) is 0 Å². The van der Waals surface area contributed by atoms with Crippen LogP contribution in [0.25, 0.3) is 0 Å². The average Bonchev–Trinajstić information content (AvgIpc) is 2.58. The molecule has 2 aromatic carbocycles. The minimum absolute atomic E-state index is 0.00206. The summed E-state index contributed by atoms with van der Waals surface area (Å²) in [6.07, 6.45) is 0. The number of likely N-dealkylation sites (N-methyl/N-ethyl adjacent to an activating group) is 1. The topological polar surface area (TPSA) is 42.8 Å². The van der Waals surface area contributed by atoms with Crippen LogP contribution in [0.5, 0.6) is 5.75 Å². The number of carbonyl (C=O) groups is 1. The summed E-state index contributed by atoms with van der Waals surface area (Å²) < 4.78 is 45.8. The van der Waals surface area contributed by atoms with Gasteiger partial charge in [0.15, 0.2) is 18.1 Å². The third-order valence-electron chi connectivity index (χ3n) is 3.81. The largest absolute Gasteiger partial charge is 0.494 e. The summed E-state index contributed by atoms with van der Waals surface area (Å²) in [7, 11) is 1.38. The molecule has 7 heteroatoms. The summed E-state index contributed by atoms with van der Waals surface area (Å²) in [5, 5.41) is 2.25. The molecule has 4 nitrogen and oxygen atoms in total. The smallest absolute Gasteiger partial charge is 0.279 e. The van der Waals surface area contributed by atoms with Crippen LogP contribution in [0.1, 0.15) is 12.5 Å². The first-order valence-corrected chi connectivity index (χ1v) is 7.84. The van der Waals surface area contributed by atoms with Crippen molar-refractivity contribution in [3.63, 3.8) is 0 Å². The lowest BCUT2D eigenvalue weighted by atomic mass is 10.2. The highest BCUT2D eigenvalue weighted by molar-refractivity contribution is 5.91. The number of anilines is 1. The van der Waals surface area contributed by atoms with Gasteiger partial charge in [-0.3, -0.25) is 4.79 Å². The molecule has 0 radical (unpaired) electrons. The molecule has 2 aromatic rings. The minimum atomic E-state index is -0.830. The Kier molecular flexibility index (Phi) is 6.41. The van der Waals surface area contributed by atoms with Gasteiger partial charge in [-0.15, -0.1) is 0 Å². The number of benzene rings is 2. The molecule has 0 saturated heterocycles. The molecule has 1 atom stereocenters. The summed E-state index contributed by atoms with van der Waals surface area (Å²) in [6, 6.07) is 7.95. The maximum Gasteiger partial charge on any atom is 0.279 e. The molecule has 1 amide bonds. The third kappa shape index (κ3) is 4.96. The van der Waals surface area contributed by atoms with E-state index in [4.69, 9.17) is 4.74 Å². The molecule has 0 aliphatic heterocycles. The molecular weight excluding hydrogens is 333 g/mol. The van der Waals surface area contributed by atoms with Gasteiger partial charge >= 0.3 is 0 Å². The predicted octanol–water partition coefficient (Wildman–Crippen LogP) is 2.16. The van der Waals surface area contributed by atoms with Gasteiger partial charge < -0.3 is 15.0 Å². The van der Waals surface area contributed by atoms with Gasteiger partial charge in [0.25, 0.3) is 5.91 Å². The van der Waals surface area contributed by atoms with E-state index in [1.54, 1.807) is 6.07 Å². The van der Waals surface area contributed by atoms with Crippen molar-refractivity contribution in [1.29, 1.82) is 0 Å². The number of halogens is 3. The number of rotatable bonds is 7. The van der Waals surface area contributed by atoms with Gasteiger partial charge in [-0.25, -0.2) is 13.2 Å². The van der Waals surface area contributed by atoms with Crippen molar-refractivity contribution >= 4 is 11.6 Å².